The Kier molecular flexibility index (Phi) is 6.90. The van der Waals surface area contributed by atoms with Crippen molar-refractivity contribution in [2.75, 3.05) is 23.3 Å². The number of anilines is 2. The largest absolute Gasteiger partial charge is 0.453 e. The van der Waals surface area contributed by atoms with Crippen LogP contribution in [0.4, 0.5) is 24.7 Å². The molecule has 1 fully saturated rings. The molecule has 9 nitrogen and oxygen atoms in total. The predicted molar refractivity (Wildman–Crippen MR) is 121 cm³/mol. The van der Waals surface area contributed by atoms with Crippen molar-refractivity contribution in [2.24, 2.45) is 5.92 Å². The van der Waals surface area contributed by atoms with Crippen LogP contribution >= 0.6 is 0 Å². The van der Waals surface area contributed by atoms with Gasteiger partial charge in [0.15, 0.2) is 11.8 Å². The molecule has 3 heterocycles. The summed E-state index contributed by atoms with van der Waals surface area (Å²) in [7, 11) is 0. The van der Waals surface area contributed by atoms with Gasteiger partial charge in [-0.2, -0.15) is 17.7 Å². The third-order valence-corrected chi connectivity index (χ3v) is 5.95. The molecule has 1 saturated heterocycles. The number of hydrogen-bond acceptors (Lipinski definition) is 7. The van der Waals surface area contributed by atoms with Gasteiger partial charge in [-0.05, 0) is 56.0 Å². The van der Waals surface area contributed by atoms with Gasteiger partial charge in [0.2, 0.25) is 0 Å². The lowest BCUT2D eigenvalue weighted by Crippen LogP contribution is -2.39. The number of carbonyl (C=O) groups is 2. The van der Waals surface area contributed by atoms with E-state index in [4.69, 9.17) is 4.74 Å². The molecule has 0 spiro atoms. The van der Waals surface area contributed by atoms with E-state index < -0.39 is 35.9 Å². The SMILES string of the molecule is CCc1ccc(NC(=O)C(C)OC(=O)C2CCN(c3ccc4nnc(C(F)(F)F)n4n3)CC2)cc1. The minimum absolute atomic E-state index is 0.00638. The number of halogens is 3. The zero-order chi connectivity index (χ0) is 25.2. The monoisotopic (exact) mass is 490 g/mol. The van der Waals surface area contributed by atoms with E-state index in [2.05, 4.69) is 20.6 Å². The number of alkyl halides is 3. The lowest BCUT2D eigenvalue weighted by molar-refractivity contribution is -0.158. The summed E-state index contributed by atoms with van der Waals surface area (Å²) in [6.07, 6.45) is -3.92. The van der Waals surface area contributed by atoms with Crippen LogP contribution < -0.4 is 10.2 Å². The molecule has 4 rings (SSSR count). The van der Waals surface area contributed by atoms with E-state index in [9.17, 15) is 22.8 Å². The van der Waals surface area contributed by atoms with Crippen LogP contribution in [0.5, 0.6) is 0 Å². The number of carbonyl (C=O) groups excluding carboxylic acids is 2. The molecule has 1 atom stereocenters. The first-order valence-corrected chi connectivity index (χ1v) is 11.3. The second kappa shape index (κ2) is 9.88. The van der Waals surface area contributed by atoms with Crippen LogP contribution in [0.15, 0.2) is 36.4 Å². The van der Waals surface area contributed by atoms with E-state index in [1.54, 1.807) is 23.1 Å². The summed E-state index contributed by atoms with van der Waals surface area (Å²) in [5.41, 5.74) is 1.76. The van der Waals surface area contributed by atoms with Crippen LogP contribution in [-0.2, 0) is 26.9 Å². The fourth-order valence-electron chi connectivity index (χ4n) is 3.86. The van der Waals surface area contributed by atoms with Gasteiger partial charge in [-0.1, -0.05) is 19.1 Å². The molecule has 186 valence electrons. The summed E-state index contributed by atoms with van der Waals surface area (Å²) in [5, 5.41) is 13.5. The van der Waals surface area contributed by atoms with Crippen molar-refractivity contribution in [1.29, 1.82) is 0 Å². The summed E-state index contributed by atoms with van der Waals surface area (Å²) < 4.78 is 45.4. The molecular weight excluding hydrogens is 465 g/mol. The molecule has 12 heteroatoms. The molecule has 1 amide bonds. The van der Waals surface area contributed by atoms with Gasteiger partial charge in [0.25, 0.3) is 11.7 Å². The number of piperidine rings is 1. The Morgan fingerprint density at radius 3 is 2.43 bits per heavy atom. The minimum atomic E-state index is -4.68. The molecule has 0 saturated carbocycles. The standard InChI is InChI=1S/C23H25F3N6O3/c1-3-15-4-6-17(7-5-15)27-20(33)14(2)35-21(34)16-10-12-31(13-11-16)19-9-8-18-28-29-22(23(24,25)26)32(18)30-19/h4-9,14,16H,3,10-13H2,1-2H3,(H,27,33). The summed E-state index contributed by atoms with van der Waals surface area (Å²) >= 11 is 0. The number of ether oxygens (including phenoxy) is 1. The molecule has 1 aliphatic rings. The Labute approximate surface area is 199 Å². The fraction of sp³-hybridized carbons (Fsp3) is 0.435. The zero-order valence-electron chi connectivity index (χ0n) is 19.2. The van der Waals surface area contributed by atoms with Crippen molar-refractivity contribution in [3.63, 3.8) is 0 Å². The number of benzene rings is 1. The second-order valence-corrected chi connectivity index (χ2v) is 8.36. The van der Waals surface area contributed by atoms with Crippen LogP contribution in [0.2, 0.25) is 0 Å². The smallest absolute Gasteiger partial charge is 0.452 e. The van der Waals surface area contributed by atoms with Crippen molar-refractivity contribution in [2.45, 2.75) is 45.4 Å². The summed E-state index contributed by atoms with van der Waals surface area (Å²) in [6, 6.07) is 10.4. The van der Waals surface area contributed by atoms with Crippen molar-refractivity contribution in [3.8, 4) is 0 Å². The molecule has 1 aliphatic heterocycles. The van der Waals surface area contributed by atoms with Gasteiger partial charge in [0, 0.05) is 18.8 Å². The first kappa shape index (κ1) is 24.4. The maximum absolute atomic E-state index is 13.1. The van der Waals surface area contributed by atoms with Gasteiger partial charge in [0.1, 0.15) is 5.82 Å². The Balaban J connectivity index is 1.31. The lowest BCUT2D eigenvalue weighted by Gasteiger charge is -2.32. The van der Waals surface area contributed by atoms with Gasteiger partial charge in [-0.15, -0.1) is 15.3 Å². The number of nitrogens with one attached hydrogen (secondary N) is 1. The highest BCUT2D eigenvalue weighted by molar-refractivity contribution is 5.95. The van der Waals surface area contributed by atoms with Gasteiger partial charge < -0.3 is 15.0 Å². The van der Waals surface area contributed by atoms with Crippen molar-refractivity contribution >= 4 is 29.0 Å². The lowest BCUT2D eigenvalue weighted by atomic mass is 9.97. The summed E-state index contributed by atoms with van der Waals surface area (Å²) in [5.74, 6) is -2.19. The molecule has 0 bridgehead atoms. The molecule has 1 aromatic carbocycles. The number of esters is 1. The average Bonchev–Trinajstić information content (AvgIpc) is 3.28. The summed E-state index contributed by atoms with van der Waals surface area (Å²) in [6.45, 7) is 4.34. The van der Waals surface area contributed by atoms with Crippen molar-refractivity contribution < 1.29 is 27.5 Å². The topological polar surface area (TPSA) is 102 Å². The van der Waals surface area contributed by atoms with E-state index in [1.807, 2.05) is 19.1 Å². The highest BCUT2D eigenvalue weighted by Gasteiger charge is 2.38. The molecule has 1 unspecified atom stereocenters. The first-order valence-electron chi connectivity index (χ1n) is 11.3. The molecule has 0 radical (unpaired) electrons. The minimum Gasteiger partial charge on any atom is -0.452 e. The van der Waals surface area contributed by atoms with Gasteiger partial charge in [-0.25, -0.2) is 0 Å². The zero-order valence-corrected chi connectivity index (χ0v) is 19.2. The third-order valence-electron chi connectivity index (χ3n) is 5.95. The number of fused-ring (bicyclic) bond motifs is 1. The molecule has 0 aliphatic carbocycles. The van der Waals surface area contributed by atoms with Crippen LogP contribution in [0, 0.1) is 5.92 Å². The maximum Gasteiger partial charge on any atom is 0.453 e. The number of aryl methyl sites for hydroxylation is 1. The molecule has 1 N–H and O–H groups in total. The Bertz CT molecular complexity index is 1200. The average molecular weight is 490 g/mol. The number of amides is 1. The second-order valence-electron chi connectivity index (χ2n) is 8.36. The Morgan fingerprint density at radius 1 is 1.11 bits per heavy atom. The highest BCUT2D eigenvalue weighted by Crippen LogP contribution is 2.29. The summed E-state index contributed by atoms with van der Waals surface area (Å²) in [4.78, 5) is 26.8. The van der Waals surface area contributed by atoms with E-state index >= 15 is 0 Å². The maximum atomic E-state index is 13.1. The number of aromatic nitrogens is 4. The van der Waals surface area contributed by atoms with E-state index in [0.29, 0.717) is 42.0 Å². The van der Waals surface area contributed by atoms with Gasteiger partial charge in [-0.3, -0.25) is 9.59 Å². The predicted octanol–water partition coefficient (Wildman–Crippen LogP) is 3.49. The normalized spacial score (nSPS) is 15.7. The van der Waals surface area contributed by atoms with Crippen LogP contribution in [0.3, 0.4) is 0 Å². The Morgan fingerprint density at radius 2 is 1.80 bits per heavy atom. The van der Waals surface area contributed by atoms with Crippen LogP contribution in [-0.4, -0.2) is 50.9 Å². The third kappa shape index (κ3) is 5.52. The number of nitrogens with zero attached hydrogens (tertiary/aromatic N) is 5. The van der Waals surface area contributed by atoms with E-state index in [-0.39, 0.29) is 5.65 Å². The van der Waals surface area contributed by atoms with Crippen molar-refractivity contribution in [1.82, 2.24) is 19.8 Å². The van der Waals surface area contributed by atoms with Gasteiger partial charge >= 0.3 is 12.1 Å². The molecular formula is C23H25F3N6O3. The fourth-order valence-corrected chi connectivity index (χ4v) is 3.86. The number of hydrogen-bond donors (Lipinski definition) is 1. The van der Waals surface area contributed by atoms with Crippen LogP contribution in [0.1, 0.15) is 38.1 Å². The molecule has 3 aromatic rings. The first-order chi connectivity index (χ1) is 16.7. The highest BCUT2D eigenvalue weighted by atomic mass is 19.4. The van der Waals surface area contributed by atoms with Gasteiger partial charge in [0.05, 0.1) is 5.92 Å². The van der Waals surface area contributed by atoms with E-state index in [0.717, 1.165) is 12.0 Å². The Hall–Kier alpha value is -3.70. The quantitative estimate of drug-likeness (QED) is 0.528. The number of rotatable bonds is 6. The van der Waals surface area contributed by atoms with E-state index in [1.165, 1.54) is 13.0 Å². The molecule has 2 aromatic heterocycles. The van der Waals surface area contributed by atoms with Crippen LogP contribution in [0.25, 0.3) is 5.65 Å². The molecule has 35 heavy (non-hydrogen) atoms. The van der Waals surface area contributed by atoms with Crippen molar-refractivity contribution in [3.05, 3.63) is 47.8 Å².